The molecule has 2 aliphatic rings. The molecule has 2 fully saturated rings. The van der Waals surface area contributed by atoms with Crippen molar-refractivity contribution < 1.29 is 63.8 Å². The van der Waals surface area contributed by atoms with E-state index in [0.717, 1.165) is 67.5 Å². The number of aliphatic carboxylic acids is 6. The van der Waals surface area contributed by atoms with E-state index >= 15 is 4.39 Å². The first-order valence-corrected chi connectivity index (χ1v) is 19.7. The molecule has 2 aromatic heterocycles. The van der Waals surface area contributed by atoms with Crippen LogP contribution in [0.5, 0.6) is 0 Å². The average Bonchev–Trinajstić information content (AvgIpc) is 3.64. The molecule has 1 aliphatic carbocycles. The maximum Gasteiger partial charge on any atom is 0.328 e. The quantitative estimate of drug-likeness (QED) is 0.0909. The van der Waals surface area contributed by atoms with Crippen LogP contribution in [-0.2, 0) is 35.3 Å². The number of nitrogens with one attached hydrogen (secondary N) is 1. The molecule has 0 amide bonds. The molecule has 1 saturated heterocycles. The van der Waals surface area contributed by atoms with Crippen molar-refractivity contribution in [2.24, 2.45) is 0 Å². The fraction of sp³-hybridized carbons (Fsp3) is 0.293. The number of rotatable bonds is 12. The second-order valence-electron chi connectivity index (χ2n) is 13.8. The third kappa shape index (κ3) is 17.5. The highest BCUT2D eigenvalue weighted by Crippen LogP contribution is 2.37. The van der Waals surface area contributed by atoms with Gasteiger partial charge in [0.1, 0.15) is 23.7 Å². The van der Waals surface area contributed by atoms with Crippen LogP contribution in [0.3, 0.4) is 0 Å². The summed E-state index contributed by atoms with van der Waals surface area (Å²) in [5.74, 6) is -7.51. The molecule has 1 aliphatic heterocycles. The Morgan fingerprint density at radius 1 is 0.730 bits per heavy atom. The topological polar surface area (TPSA) is 312 Å². The van der Waals surface area contributed by atoms with Crippen molar-refractivity contribution in [1.82, 2.24) is 29.5 Å². The second kappa shape index (κ2) is 25.0. The van der Waals surface area contributed by atoms with Gasteiger partial charge < -0.3 is 46.6 Å². The standard InChI is InChI=1S/C29H34BrFN8.3C4H4O4/c1-37-12-14-38(15-13-37)22-7-9-23(10-8-22)39-29-26(28(32)34-18-35-29)27(36-39)20-4-11-25(24(31)16-20)33-17-19-2-5-21(30)6-3-19;3*5-3(6)1-2-4(7)8/h2-6,11,16,18,22-23,33H,7-10,12-15,17H2,1H3,(H2,32,34,35);3*1-2H,(H,5,6)(H,7,8)/b;3*2-1-/t22-,23+;;;. The average molecular weight is 942 g/mol. The molecule has 0 radical (unpaired) electrons. The van der Waals surface area contributed by atoms with Crippen molar-refractivity contribution in [1.29, 1.82) is 0 Å². The maximum atomic E-state index is 15.2. The van der Waals surface area contributed by atoms with Gasteiger partial charge in [-0.25, -0.2) is 47.8 Å². The molecule has 1 saturated carbocycles. The van der Waals surface area contributed by atoms with Gasteiger partial charge in [-0.3, -0.25) is 4.90 Å². The molecule has 0 spiro atoms. The lowest BCUT2D eigenvalue weighted by atomic mass is 9.90. The van der Waals surface area contributed by atoms with Crippen molar-refractivity contribution in [2.75, 3.05) is 44.3 Å². The highest BCUT2D eigenvalue weighted by atomic mass is 79.9. The Morgan fingerprint density at radius 3 is 1.67 bits per heavy atom. The summed E-state index contributed by atoms with van der Waals surface area (Å²) < 4.78 is 18.3. The number of hydrogen-bond acceptors (Lipinski definition) is 13. The van der Waals surface area contributed by atoms with Crippen LogP contribution >= 0.6 is 15.9 Å². The number of carboxylic acid groups (broad SMARTS) is 6. The first-order chi connectivity index (χ1) is 29.8. The summed E-state index contributed by atoms with van der Waals surface area (Å²) in [6.07, 6.45) is 9.18. The summed E-state index contributed by atoms with van der Waals surface area (Å²) in [7, 11) is 2.20. The zero-order valence-electron chi connectivity index (χ0n) is 33.8. The number of anilines is 2. The molecule has 3 heterocycles. The normalized spacial score (nSPS) is 16.6. The van der Waals surface area contributed by atoms with Gasteiger partial charge in [0.15, 0.2) is 5.65 Å². The van der Waals surface area contributed by atoms with E-state index in [1.54, 1.807) is 6.07 Å². The number of likely N-dealkylation sites (N-methyl/N-ethyl adjacent to an activating group) is 1. The van der Waals surface area contributed by atoms with Crippen molar-refractivity contribution in [3.05, 3.63) is 101 Å². The smallest absolute Gasteiger partial charge is 0.328 e. The Morgan fingerprint density at radius 2 is 1.21 bits per heavy atom. The van der Waals surface area contributed by atoms with E-state index < -0.39 is 35.8 Å². The van der Waals surface area contributed by atoms with E-state index in [0.29, 0.717) is 77.2 Å². The Kier molecular flexibility index (Phi) is 20.0. The van der Waals surface area contributed by atoms with Crippen LogP contribution in [0.4, 0.5) is 15.9 Å². The van der Waals surface area contributed by atoms with Gasteiger partial charge in [0.05, 0.1) is 17.1 Å². The Balaban J connectivity index is 0.000000360. The van der Waals surface area contributed by atoms with Crippen LogP contribution in [0, 0.1) is 5.82 Å². The van der Waals surface area contributed by atoms with Gasteiger partial charge in [-0.05, 0) is 62.6 Å². The van der Waals surface area contributed by atoms with Crippen molar-refractivity contribution in [3.63, 3.8) is 0 Å². The van der Waals surface area contributed by atoms with E-state index in [1.165, 1.54) is 12.4 Å². The van der Waals surface area contributed by atoms with Crippen LogP contribution in [0.2, 0.25) is 0 Å². The highest BCUT2D eigenvalue weighted by Gasteiger charge is 2.31. The molecule has 336 valence electrons. The van der Waals surface area contributed by atoms with E-state index in [4.69, 9.17) is 41.5 Å². The largest absolute Gasteiger partial charge is 0.478 e. The molecular weight excluding hydrogens is 895 g/mol. The Labute approximate surface area is 367 Å². The monoisotopic (exact) mass is 940 g/mol. The fourth-order valence-corrected chi connectivity index (χ4v) is 6.60. The number of nitrogens with two attached hydrogens (primary N) is 1. The first kappa shape index (κ1) is 50.3. The highest BCUT2D eigenvalue weighted by molar-refractivity contribution is 9.10. The number of aromatic nitrogens is 4. The summed E-state index contributed by atoms with van der Waals surface area (Å²) in [6.45, 7) is 5.09. The minimum atomic E-state index is -1.26. The minimum Gasteiger partial charge on any atom is -0.478 e. The summed E-state index contributed by atoms with van der Waals surface area (Å²) in [6, 6.07) is 14.0. The molecular formula is C41H46BrFN8O12. The zero-order valence-corrected chi connectivity index (χ0v) is 35.3. The van der Waals surface area contributed by atoms with Gasteiger partial charge in [0, 0.05) is 85.3 Å². The minimum absolute atomic E-state index is 0.232. The van der Waals surface area contributed by atoms with Gasteiger partial charge in [-0.2, -0.15) is 5.10 Å². The Bertz CT molecular complexity index is 2190. The summed E-state index contributed by atoms with van der Waals surface area (Å²) in [4.78, 5) is 71.2. The molecule has 63 heavy (non-hydrogen) atoms. The number of piperazine rings is 1. The van der Waals surface area contributed by atoms with Crippen molar-refractivity contribution in [2.45, 2.75) is 44.3 Å². The molecule has 9 N–H and O–H groups in total. The zero-order chi connectivity index (χ0) is 46.6. The van der Waals surface area contributed by atoms with Gasteiger partial charge in [-0.1, -0.05) is 34.1 Å². The molecule has 0 atom stereocenters. The van der Waals surface area contributed by atoms with E-state index in [1.807, 2.05) is 35.0 Å². The number of nitrogen functional groups attached to an aromatic ring is 1. The summed E-state index contributed by atoms with van der Waals surface area (Å²) in [5, 5.41) is 55.7. The molecule has 20 nitrogen and oxygen atoms in total. The third-order valence-electron chi connectivity index (χ3n) is 9.33. The predicted molar refractivity (Wildman–Crippen MR) is 230 cm³/mol. The lowest BCUT2D eigenvalue weighted by Crippen LogP contribution is -2.49. The summed E-state index contributed by atoms with van der Waals surface area (Å²) >= 11 is 3.44. The number of carboxylic acids is 6. The van der Waals surface area contributed by atoms with E-state index in [2.05, 4.69) is 48.1 Å². The number of nitrogens with zero attached hydrogens (tertiary/aromatic N) is 6. The molecule has 0 bridgehead atoms. The fourth-order valence-electron chi connectivity index (χ4n) is 6.34. The molecule has 2 aromatic carbocycles. The third-order valence-corrected chi connectivity index (χ3v) is 9.86. The van der Waals surface area contributed by atoms with Gasteiger partial charge in [-0.15, -0.1) is 0 Å². The van der Waals surface area contributed by atoms with Crippen LogP contribution in [0.15, 0.2) is 89.7 Å². The number of halogens is 2. The number of carbonyl (C=O) groups is 6. The van der Waals surface area contributed by atoms with Crippen LogP contribution in [0.25, 0.3) is 22.3 Å². The Hall–Kier alpha value is -7.04. The van der Waals surface area contributed by atoms with Crippen LogP contribution in [0.1, 0.15) is 37.3 Å². The molecule has 22 heteroatoms. The SMILES string of the molecule is CN1CCN([C@H]2CC[C@@H](n3nc(-c4ccc(NCc5ccc(Br)cc5)c(F)c4)c4c(N)ncnc43)CC2)CC1.O=C(O)/C=C\C(=O)O.O=C(O)/C=C\C(=O)O.O=C(O)/C=C\C(=O)O. The summed E-state index contributed by atoms with van der Waals surface area (Å²) in [5.41, 5.74) is 9.86. The molecule has 6 rings (SSSR count). The molecule has 0 unspecified atom stereocenters. The van der Waals surface area contributed by atoms with Crippen LogP contribution < -0.4 is 11.1 Å². The van der Waals surface area contributed by atoms with Gasteiger partial charge in [0.2, 0.25) is 0 Å². The molecule has 4 aromatic rings. The number of hydrogen-bond donors (Lipinski definition) is 8. The lowest BCUT2D eigenvalue weighted by Gasteiger charge is -2.41. The lowest BCUT2D eigenvalue weighted by molar-refractivity contribution is -0.134. The predicted octanol–water partition coefficient (Wildman–Crippen LogP) is 4.46. The van der Waals surface area contributed by atoms with Crippen molar-refractivity contribution in [3.8, 4) is 11.3 Å². The number of fused-ring (bicyclic) bond motifs is 1. The van der Waals surface area contributed by atoms with Crippen molar-refractivity contribution >= 4 is 74.3 Å². The number of benzene rings is 2. The second-order valence-corrected chi connectivity index (χ2v) is 14.7. The van der Waals surface area contributed by atoms with Gasteiger partial charge in [0.25, 0.3) is 0 Å². The van der Waals surface area contributed by atoms with Crippen LogP contribution in [-0.4, -0.2) is 135 Å². The van der Waals surface area contributed by atoms with E-state index in [-0.39, 0.29) is 11.9 Å². The maximum absolute atomic E-state index is 15.2. The van der Waals surface area contributed by atoms with E-state index in [9.17, 15) is 28.8 Å². The first-order valence-electron chi connectivity index (χ1n) is 19.0. The van der Waals surface area contributed by atoms with Gasteiger partial charge >= 0.3 is 35.8 Å².